The van der Waals surface area contributed by atoms with Crippen LogP contribution < -0.4 is 16.2 Å². The van der Waals surface area contributed by atoms with E-state index in [0.29, 0.717) is 10.9 Å². The largest absolute Gasteiger partial charge is 0.506 e. The van der Waals surface area contributed by atoms with Gasteiger partial charge >= 0.3 is 5.97 Å². The van der Waals surface area contributed by atoms with Gasteiger partial charge in [-0.2, -0.15) is 0 Å². The van der Waals surface area contributed by atoms with Crippen LogP contribution in [0.1, 0.15) is 58.1 Å². The molecule has 3 aromatic carbocycles. The van der Waals surface area contributed by atoms with E-state index in [1.54, 1.807) is 30.3 Å². The van der Waals surface area contributed by atoms with E-state index in [0.717, 1.165) is 25.7 Å². The van der Waals surface area contributed by atoms with E-state index in [9.17, 15) is 24.6 Å². The first kappa shape index (κ1) is 29.0. The molecule has 0 spiro atoms. The zero-order chi connectivity index (χ0) is 30.0. The molecule has 0 aliphatic heterocycles. The molecular formula is C33H35N3O6. The topological polar surface area (TPSA) is 141 Å². The fourth-order valence-corrected chi connectivity index (χ4v) is 5.97. The number of aliphatic hydroxyl groups is 1. The molecule has 5 N–H and O–H groups in total. The van der Waals surface area contributed by atoms with Gasteiger partial charge in [0.2, 0.25) is 0 Å². The van der Waals surface area contributed by atoms with Crippen molar-refractivity contribution in [3.05, 3.63) is 104 Å². The van der Waals surface area contributed by atoms with Crippen LogP contribution in [0.15, 0.2) is 65.5 Å². The number of benzene rings is 3. The molecule has 42 heavy (non-hydrogen) atoms. The maximum atomic E-state index is 13.2. The summed E-state index contributed by atoms with van der Waals surface area (Å²) in [4.78, 5) is 37.0. The number of hydrogen-bond acceptors (Lipinski definition) is 6. The van der Waals surface area contributed by atoms with E-state index in [-0.39, 0.29) is 35.1 Å². The number of carboxylic acids is 1. The van der Waals surface area contributed by atoms with Gasteiger partial charge in [-0.3, -0.25) is 19.0 Å². The van der Waals surface area contributed by atoms with Crippen LogP contribution in [0.25, 0.3) is 16.6 Å². The molecule has 0 fully saturated rings. The van der Waals surface area contributed by atoms with Crippen molar-refractivity contribution in [2.45, 2.75) is 51.7 Å². The number of rotatable bonds is 10. The number of aliphatic hydroxyl groups excluding tert-OH is 1. The number of nitrogens with zero attached hydrogens (tertiary/aromatic N) is 1. The summed E-state index contributed by atoms with van der Waals surface area (Å²) < 4.78 is 1.22. The summed E-state index contributed by atoms with van der Waals surface area (Å²) >= 11 is 0. The number of nitrogens with one attached hydrogen (secondary N) is 2. The lowest BCUT2D eigenvalue weighted by molar-refractivity contribution is -0.135. The molecule has 218 valence electrons. The summed E-state index contributed by atoms with van der Waals surface area (Å²) in [5.74, 6) is -2.07. The molecule has 0 saturated heterocycles. The number of carbonyl (C=O) groups excluding carboxylic acids is 1. The number of aromatic nitrogens is 1. The number of amides is 1. The zero-order valence-corrected chi connectivity index (χ0v) is 23.7. The Balaban J connectivity index is 1.44. The van der Waals surface area contributed by atoms with Crippen molar-refractivity contribution in [2.24, 2.45) is 0 Å². The van der Waals surface area contributed by atoms with Gasteiger partial charge in [-0.1, -0.05) is 44.2 Å². The molecule has 4 aromatic rings. The number of aromatic hydroxyl groups is 1. The lowest BCUT2D eigenvalue weighted by Gasteiger charge is -2.20. The van der Waals surface area contributed by atoms with E-state index < -0.39 is 30.1 Å². The number of fused-ring (bicyclic) bond motifs is 2. The molecule has 1 amide bonds. The first-order valence-corrected chi connectivity index (χ1v) is 14.2. The van der Waals surface area contributed by atoms with Gasteiger partial charge in [-0.25, -0.2) is 0 Å². The van der Waals surface area contributed by atoms with Gasteiger partial charge in [0, 0.05) is 24.0 Å². The maximum absolute atomic E-state index is 13.2. The van der Waals surface area contributed by atoms with E-state index in [4.69, 9.17) is 5.11 Å². The average molecular weight is 570 g/mol. The Hall–Kier alpha value is -4.47. The lowest BCUT2D eigenvalue weighted by Crippen LogP contribution is -2.33. The molecule has 1 aliphatic rings. The number of hydrogen-bond donors (Lipinski definition) is 5. The quantitative estimate of drug-likeness (QED) is 0.197. The van der Waals surface area contributed by atoms with Crippen molar-refractivity contribution >= 4 is 22.8 Å². The molecule has 5 rings (SSSR count). The third-order valence-electron chi connectivity index (χ3n) is 8.03. The predicted octanol–water partition coefficient (Wildman–Crippen LogP) is 3.43. The van der Waals surface area contributed by atoms with Gasteiger partial charge < -0.3 is 26.0 Å². The molecule has 0 bridgehead atoms. The highest BCUT2D eigenvalue weighted by Gasteiger charge is 2.25. The molecular weight excluding hydrogens is 534 g/mol. The van der Waals surface area contributed by atoms with Crippen LogP contribution in [-0.2, 0) is 30.5 Å². The van der Waals surface area contributed by atoms with Crippen LogP contribution in [0.3, 0.4) is 0 Å². The Morgan fingerprint density at radius 1 is 0.976 bits per heavy atom. The second kappa shape index (κ2) is 12.2. The first-order valence-electron chi connectivity index (χ1n) is 14.2. The van der Waals surface area contributed by atoms with Gasteiger partial charge in [0.05, 0.1) is 22.9 Å². The van der Waals surface area contributed by atoms with Gasteiger partial charge in [-0.15, -0.1) is 0 Å². The Morgan fingerprint density at radius 2 is 1.64 bits per heavy atom. The summed E-state index contributed by atoms with van der Waals surface area (Å²) in [5.41, 5.74) is 5.89. The van der Waals surface area contributed by atoms with Crippen LogP contribution in [0, 0.1) is 0 Å². The highest BCUT2D eigenvalue weighted by atomic mass is 16.4. The highest BCUT2D eigenvalue weighted by molar-refractivity contribution is 6.00. The Kier molecular flexibility index (Phi) is 8.42. The second-order valence-corrected chi connectivity index (χ2v) is 10.7. The molecule has 1 heterocycles. The van der Waals surface area contributed by atoms with Crippen molar-refractivity contribution in [2.75, 3.05) is 13.1 Å². The molecule has 0 saturated carbocycles. The van der Waals surface area contributed by atoms with Crippen molar-refractivity contribution in [1.82, 2.24) is 15.2 Å². The van der Waals surface area contributed by atoms with Gasteiger partial charge in [-0.05, 0) is 77.8 Å². The number of carbonyl (C=O) groups is 2. The maximum Gasteiger partial charge on any atom is 0.322 e. The van der Waals surface area contributed by atoms with Crippen LogP contribution in [0.2, 0.25) is 0 Å². The van der Waals surface area contributed by atoms with Crippen LogP contribution >= 0.6 is 0 Å². The zero-order valence-electron chi connectivity index (χ0n) is 23.7. The lowest BCUT2D eigenvalue weighted by atomic mass is 9.97. The first-order chi connectivity index (χ1) is 20.2. The second-order valence-electron chi connectivity index (χ2n) is 10.7. The SMILES string of the molecule is CCc1cc2c(cc1CC)CC(NCC(O)c1ccc(O)c3c1ccc(=O)n3-c1ccccc1C(=O)NCC(=O)O)C2. The number of pyridine rings is 1. The number of para-hydroxylation sites is 1. The predicted molar refractivity (Wildman–Crippen MR) is 161 cm³/mol. The third-order valence-corrected chi connectivity index (χ3v) is 8.03. The molecule has 1 aliphatic carbocycles. The van der Waals surface area contributed by atoms with Gasteiger partial charge in [0.25, 0.3) is 11.5 Å². The minimum Gasteiger partial charge on any atom is -0.506 e. The van der Waals surface area contributed by atoms with Crippen molar-refractivity contribution in [3.63, 3.8) is 0 Å². The third kappa shape index (κ3) is 5.66. The van der Waals surface area contributed by atoms with Crippen LogP contribution in [0.4, 0.5) is 0 Å². The molecule has 9 nitrogen and oxygen atoms in total. The smallest absolute Gasteiger partial charge is 0.322 e. The Morgan fingerprint density at radius 3 is 2.29 bits per heavy atom. The minimum atomic E-state index is -1.20. The molecule has 0 radical (unpaired) electrons. The average Bonchev–Trinajstić information content (AvgIpc) is 3.40. The van der Waals surface area contributed by atoms with E-state index in [1.807, 2.05) is 0 Å². The van der Waals surface area contributed by atoms with Crippen molar-refractivity contribution < 1.29 is 24.9 Å². The molecule has 1 atom stereocenters. The van der Waals surface area contributed by atoms with E-state index >= 15 is 0 Å². The van der Waals surface area contributed by atoms with E-state index in [1.165, 1.54) is 45.0 Å². The minimum absolute atomic E-state index is 0.0682. The van der Waals surface area contributed by atoms with Crippen LogP contribution in [-0.4, -0.2) is 50.9 Å². The van der Waals surface area contributed by atoms with Gasteiger partial charge in [0.15, 0.2) is 0 Å². The number of aryl methyl sites for hydroxylation is 2. The van der Waals surface area contributed by atoms with Crippen LogP contribution in [0.5, 0.6) is 5.75 Å². The van der Waals surface area contributed by atoms with Crippen molar-refractivity contribution in [3.8, 4) is 11.4 Å². The number of phenolic OH excluding ortho intramolecular Hbond substituents is 1. The molecule has 9 heteroatoms. The van der Waals surface area contributed by atoms with Crippen molar-refractivity contribution in [1.29, 1.82) is 0 Å². The summed E-state index contributed by atoms with van der Waals surface area (Å²) in [5, 5.41) is 37.4. The summed E-state index contributed by atoms with van der Waals surface area (Å²) in [6.45, 7) is 4.04. The van der Waals surface area contributed by atoms with E-state index in [2.05, 4.69) is 36.6 Å². The number of phenols is 1. The number of aliphatic carboxylic acids is 1. The highest BCUT2D eigenvalue weighted by Crippen LogP contribution is 2.33. The monoisotopic (exact) mass is 569 g/mol. The molecule has 1 unspecified atom stereocenters. The molecule has 1 aromatic heterocycles. The Labute approximate surface area is 243 Å². The normalized spacial score (nSPS) is 13.7. The summed E-state index contributed by atoms with van der Waals surface area (Å²) in [7, 11) is 0. The standard InChI is InChI=1S/C33H35N3O6/c1-3-19-13-21-15-23(16-22(21)14-20(19)4-2)34-17-29(38)24-9-11-28(37)32-25(24)10-12-30(39)36(32)27-8-6-5-7-26(27)33(42)35-18-31(40)41/h5-14,23,29,34,37-38H,3-4,15-18H2,1-2H3,(H,35,42)(H,40,41). The Bertz CT molecular complexity index is 1690. The fraction of sp³-hybridized carbons (Fsp3) is 0.303. The fourth-order valence-electron chi connectivity index (χ4n) is 5.97. The summed E-state index contributed by atoms with van der Waals surface area (Å²) in [6, 6.07) is 17.0. The summed E-state index contributed by atoms with van der Waals surface area (Å²) in [6.07, 6.45) is 2.84. The van der Waals surface area contributed by atoms with Gasteiger partial charge in [0.1, 0.15) is 12.3 Å². The number of carboxylic acid groups (broad SMARTS) is 1.